The molecule has 33 heavy (non-hydrogen) atoms. The Morgan fingerprint density at radius 1 is 1.21 bits per heavy atom. The van der Waals surface area contributed by atoms with Crippen LogP contribution in [-0.4, -0.2) is 103 Å². The Bertz CT molecular complexity index is 875. The minimum absolute atomic E-state index is 0.125. The molecule has 2 aliphatic heterocycles. The van der Waals surface area contributed by atoms with Gasteiger partial charge in [-0.2, -0.15) is 17.5 Å². The number of piperazine rings is 1. The lowest BCUT2D eigenvalue weighted by molar-refractivity contribution is -0.165. The second kappa shape index (κ2) is 10.8. The summed E-state index contributed by atoms with van der Waals surface area (Å²) in [7, 11) is -3.78. The average molecular weight is 497 g/mol. The van der Waals surface area contributed by atoms with E-state index in [1.807, 2.05) is 0 Å². The lowest BCUT2D eigenvalue weighted by Crippen LogP contribution is -2.53. The topological polar surface area (TPSA) is 125 Å². The van der Waals surface area contributed by atoms with E-state index in [9.17, 15) is 31.6 Å². The maximum absolute atomic E-state index is 13.0. The van der Waals surface area contributed by atoms with Gasteiger partial charge in [-0.15, -0.1) is 0 Å². The number of sulfonamides is 1. The number of amides is 1. The van der Waals surface area contributed by atoms with Crippen LogP contribution in [0.15, 0.2) is 12.4 Å². The molecule has 0 saturated carbocycles. The molecule has 0 radical (unpaired) electrons. The normalized spacial score (nSPS) is 19.8. The van der Waals surface area contributed by atoms with Crippen molar-refractivity contribution in [1.82, 2.24) is 19.3 Å². The van der Waals surface area contributed by atoms with E-state index in [1.165, 1.54) is 4.31 Å². The third kappa shape index (κ3) is 7.12. The number of alkyl halides is 3. The minimum Gasteiger partial charge on any atom is -0.481 e. The highest BCUT2D eigenvalue weighted by atomic mass is 32.2. The summed E-state index contributed by atoms with van der Waals surface area (Å²) in [6.45, 7) is 0.215. The highest BCUT2D eigenvalue weighted by molar-refractivity contribution is 7.89. The van der Waals surface area contributed by atoms with E-state index in [0.29, 0.717) is 31.1 Å². The summed E-state index contributed by atoms with van der Waals surface area (Å²) in [6, 6.07) is -0.873. The predicted molar refractivity (Wildman–Crippen MR) is 108 cm³/mol. The zero-order chi connectivity index (χ0) is 24.1. The minimum atomic E-state index is -4.47. The van der Waals surface area contributed by atoms with Crippen molar-refractivity contribution in [2.45, 2.75) is 25.1 Å². The predicted octanol–water partition coefficient (Wildman–Crippen LogP) is 0.512. The molecule has 1 N–H and O–H groups in total. The van der Waals surface area contributed by atoms with Gasteiger partial charge in [0, 0.05) is 39.4 Å². The Balaban J connectivity index is 1.57. The molecule has 1 amide bonds. The largest absolute Gasteiger partial charge is 0.481 e. The molecular weight excluding hydrogens is 471 g/mol. The number of carbonyl (C=O) groups excluding carboxylic acids is 1. The Labute approximate surface area is 189 Å². The Morgan fingerprint density at radius 3 is 2.36 bits per heavy atom. The van der Waals surface area contributed by atoms with Crippen LogP contribution in [0.25, 0.3) is 0 Å². The van der Waals surface area contributed by atoms with Crippen molar-refractivity contribution < 1.29 is 41.1 Å². The van der Waals surface area contributed by atoms with E-state index in [1.54, 1.807) is 4.90 Å². The first kappa shape index (κ1) is 25.4. The molecule has 1 atom stereocenters. The van der Waals surface area contributed by atoms with E-state index in [2.05, 4.69) is 14.7 Å². The van der Waals surface area contributed by atoms with Crippen molar-refractivity contribution in [2.75, 3.05) is 56.7 Å². The van der Waals surface area contributed by atoms with Gasteiger partial charge in [-0.3, -0.25) is 10.0 Å². The van der Waals surface area contributed by atoms with Gasteiger partial charge in [0.15, 0.2) is 12.4 Å². The fourth-order valence-corrected chi connectivity index (χ4v) is 5.59. The fraction of sp³-hybridized carbons (Fsp3) is 0.722. The summed E-state index contributed by atoms with van der Waals surface area (Å²) in [5.74, 6) is -0.486. The molecule has 0 bridgehead atoms. The number of aromatic nitrogens is 2. The van der Waals surface area contributed by atoms with Gasteiger partial charge in [-0.05, 0) is 18.8 Å². The lowest BCUT2D eigenvalue weighted by atomic mass is 9.93. The molecule has 186 valence electrons. The van der Waals surface area contributed by atoms with Gasteiger partial charge < -0.3 is 14.4 Å². The number of hydroxylamine groups is 2. The van der Waals surface area contributed by atoms with Crippen LogP contribution < -0.4 is 9.64 Å². The first-order chi connectivity index (χ1) is 15.6. The van der Waals surface area contributed by atoms with Crippen LogP contribution in [0.3, 0.4) is 0 Å². The molecule has 2 fully saturated rings. The van der Waals surface area contributed by atoms with Crippen LogP contribution in [0.2, 0.25) is 0 Å². The molecule has 0 aliphatic carbocycles. The number of anilines is 1. The second-order valence-electron chi connectivity index (χ2n) is 7.79. The van der Waals surface area contributed by atoms with Crippen molar-refractivity contribution in [3.63, 3.8) is 0 Å². The van der Waals surface area contributed by atoms with Crippen molar-refractivity contribution in [1.29, 1.82) is 0 Å². The Hall–Kier alpha value is -2.23. The van der Waals surface area contributed by atoms with Crippen LogP contribution in [0.1, 0.15) is 12.8 Å². The van der Waals surface area contributed by atoms with E-state index in [-0.39, 0.29) is 50.2 Å². The van der Waals surface area contributed by atoms with Crippen molar-refractivity contribution in [3.05, 3.63) is 12.4 Å². The summed E-state index contributed by atoms with van der Waals surface area (Å²) < 4.78 is 73.8. The van der Waals surface area contributed by atoms with Gasteiger partial charge in [0.25, 0.3) is 0 Å². The summed E-state index contributed by atoms with van der Waals surface area (Å²) >= 11 is 0. The summed E-state index contributed by atoms with van der Waals surface area (Å²) in [4.78, 5) is 20.8. The molecule has 2 saturated heterocycles. The zero-order valence-corrected chi connectivity index (χ0v) is 18.5. The van der Waals surface area contributed by atoms with Gasteiger partial charge in [0.05, 0.1) is 24.2 Å². The summed E-state index contributed by atoms with van der Waals surface area (Å²) in [5, 5.41) is 10.4. The molecule has 11 nitrogen and oxygen atoms in total. The van der Waals surface area contributed by atoms with Crippen molar-refractivity contribution in [3.8, 4) is 5.75 Å². The van der Waals surface area contributed by atoms with Crippen molar-refractivity contribution >= 4 is 22.4 Å². The first-order valence-corrected chi connectivity index (χ1v) is 11.9. The number of hydrogen-bond donors (Lipinski definition) is 1. The molecule has 0 aromatic carbocycles. The standard InChI is InChI=1S/C18H26F3N5O6S/c19-18(20,21)12-32-15-9-22-17(23-10-15)24-3-5-25(6-4-24)33(29,30)11-16(26(28)13-27)14-1-7-31-8-2-14/h9-10,13-14,16,28H,1-8,11-12H2. The summed E-state index contributed by atoms with van der Waals surface area (Å²) in [6.07, 6.45) is -0.913. The molecule has 15 heteroatoms. The number of carbonyl (C=O) groups is 1. The third-order valence-electron chi connectivity index (χ3n) is 5.57. The molecule has 1 aromatic rings. The van der Waals surface area contributed by atoms with Gasteiger partial charge in [-0.25, -0.2) is 23.4 Å². The highest BCUT2D eigenvalue weighted by Gasteiger charge is 2.36. The molecule has 3 rings (SSSR count). The monoisotopic (exact) mass is 497 g/mol. The molecule has 1 unspecified atom stereocenters. The number of nitrogens with zero attached hydrogens (tertiary/aromatic N) is 5. The SMILES string of the molecule is O=CN(O)C(CS(=O)(=O)N1CCN(c2ncc(OCC(F)(F)F)cn2)CC1)C1CCOCC1. The van der Waals surface area contributed by atoms with E-state index < -0.39 is 34.6 Å². The number of hydrogen-bond acceptors (Lipinski definition) is 9. The van der Waals surface area contributed by atoms with Gasteiger partial charge in [0.1, 0.15) is 0 Å². The first-order valence-electron chi connectivity index (χ1n) is 10.3. The third-order valence-corrected chi connectivity index (χ3v) is 7.49. The van der Waals surface area contributed by atoms with Gasteiger partial charge in [0.2, 0.25) is 22.4 Å². The maximum atomic E-state index is 13.0. The van der Waals surface area contributed by atoms with Crippen molar-refractivity contribution in [2.24, 2.45) is 5.92 Å². The fourth-order valence-electron chi connectivity index (χ4n) is 3.81. The average Bonchev–Trinajstić information content (AvgIpc) is 2.81. The van der Waals surface area contributed by atoms with Crippen LogP contribution >= 0.6 is 0 Å². The Kier molecular flexibility index (Phi) is 8.31. The molecular formula is C18H26F3N5O6S. The number of halogens is 3. The number of rotatable bonds is 9. The van der Waals surface area contributed by atoms with Gasteiger partial charge >= 0.3 is 6.18 Å². The summed E-state index contributed by atoms with van der Waals surface area (Å²) in [5.41, 5.74) is 0. The van der Waals surface area contributed by atoms with Crippen LogP contribution in [0.5, 0.6) is 5.75 Å². The lowest BCUT2D eigenvalue weighted by Gasteiger charge is -2.37. The van der Waals surface area contributed by atoms with E-state index in [4.69, 9.17) is 4.74 Å². The molecule has 0 spiro atoms. The number of ether oxygens (including phenoxy) is 2. The van der Waals surface area contributed by atoms with Crippen LogP contribution in [0, 0.1) is 5.92 Å². The Morgan fingerprint density at radius 2 is 1.82 bits per heavy atom. The quantitative estimate of drug-likeness (QED) is 0.295. The van der Waals surface area contributed by atoms with Crippen LogP contribution in [-0.2, 0) is 19.6 Å². The van der Waals surface area contributed by atoms with E-state index >= 15 is 0 Å². The maximum Gasteiger partial charge on any atom is 0.422 e. The molecule has 3 heterocycles. The second-order valence-corrected chi connectivity index (χ2v) is 9.80. The van der Waals surface area contributed by atoms with Gasteiger partial charge in [-0.1, -0.05) is 0 Å². The molecule has 1 aromatic heterocycles. The smallest absolute Gasteiger partial charge is 0.422 e. The zero-order valence-electron chi connectivity index (χ0n) is 17.7. The van der Waals surface area contributed by atoms with Crippen LogP contribution in [0.4, 0.5) is 19.1 Å². The highest BCUT2D eigenvalue weighted by Crippen LogP contribution is 2.25. The van der Waals surface area contributed by atoms with E-state index in [0.717, 1.165) is 12.4 Å². The molecule has 2 aliphatic rings.